The lowest BCUT2D eigenvalue weighted by molar-refractivity contribution is -0.142. The van der Waals surface area contributed by atoms with Crippen molar-refractivity contribution in [3.8, 4) is 11.1 Å². The second-order valence-electron chi connectivity index (χ2n) is 5.46. The van der Waals surface area contributed by atoms with E-state index in [2.05, 4.69) is 15.4 Å². The van der Waals surface area contributed by atoms with Gasteiger partial charge in [-0.2, -0.15) is 5.10 Å². The van der Waals surface area contributed by atoms with E-state index >= 15 is 0 Å². The standard InChI is InChI=1S/C16H17N5O3/c22-14(11-21-15(23)3-4-16(21)24)18-6-7-20-10-13(9-19-20)12-2-1-5-17-8-12/h1-2,5,8-10H,3-4,6-7,11H2,(H,18,22). The van der Waals surface area contributed by atoms with Gasteiger partial charge in [-0.3, -0.25) is 28.9 Å². The van der Waals surface area contributed by atoms with Crippen molar-refractivity contribution in [3.63, 3.8) is 0 Å². The molecule has 0 unspecified atom stereocenters. The molecule has 124 valence electrons. The van der Waals surface area contributed by atoms with E-state index in [9.17, 15) is 14.4 Å². The van der Waals surface area contributed by atoms with Gasteiger partial charge in [0.25, 0.3) is 0 Å². The number of carbonyl (C=O) groups excluding carboxylic acids is 3. The van der Waals surface area contributed by atoms with Crippen LogP contribution >= 0.6 is 0 Å². The zero-order valence-electron chi connectivity index (χ0n) is 13.0. The molecular weight excluding hydrogens is 310 g/mol. The summed E-state index contributed by atoms with van der Waals surface area (Å²) in [4.78, 5) is 39.8. The molecule has 0 aliphatic carbocycles. The Kier molecular flexibility index (Phi) is 4.64. The average Bonchev–Trinajstić information content (AvgIpc) is 3.18. The molecule has 3 heterocycles. The van der Waals surface area contributed by atoms with Gasteiger partial charge in [-0.15, -0.1) is 0 Å². The Hall–Kier alpha value is -3.03. The highest BCUT2D eigenvalue weighted by Gasteiger charge is 2.30. The average molecular weight is 327 g/mol. The molecule has 8 nitrogen and oxygen atoms in total. The molecule has 0 spiro atoms. The molecule has 0 radical (unpaired) electrons. The molecule has 0 atom stereocenters. The van der Waals surface area contributed by atoms with Gasteiger partial charge in [0.2, 0.25) is 17.7 Å². The minimum atomic E-state index is -0.349. The largest absolute Gasteiger partial charge is 0.353 e. The van der Waals surface area contributed by atoms with Crippen molar-refractivity contribution < 1.29 is 14.4 Å². The molecule has 3 rings (SSSR count). The van der Waals surface area contributed by atoms with Crippen LogP contribution in [-0.4, -0.2) is 50.5 Å². The first-order valence-corrected chi connectivity index (χ1v) is 7.66. The summed E-state index contributed by atoms with van der Waals surface area (Å²) < 4.78 is 1.72. The number of carbonyl (C=O) groups is 3. The first-order valence-electron chi connectivity index (χ1n) is 7.66. The number of imide groups is 1. The molecule has 0 aromatic carbocycles. The van der Waals surface area contributed by atoms with Gasteiger partial charge < -0.3 is 5.32 Å². The smallest absolute Gasteiger partial charge is 0.240 e. The maximum absolute atomic E-state index is 11.8. The topological polar surface area (TPSA) is 97.2 Å². The molecule has 3 amide bonds. The van der Waals surface area contributed by atoms with Crippen LogP contribution in [0.5, 0.6) is 0 Å². The summed E-state index contributed by atoms with van der Waals surface area (Å²) in [7, 11) is 0. The molecule has 2 aromatic heterocycles. The van der Waals surface area contributed by atoms with E-state index < -0.39 is 0 Å². The fourth-order valence-electron chi connectivity index (χ4n) is 2.48. The summed E-state index contributed by atoms with van der Waals surface area (Å²) in [5, 5.41) is 6.93. The van der Waals surface area contributed by atoms with E-state index in [0.717, 1.165) is 16.0 Å². The fraction of sp³-hybridized carbons (Fsp3) is 0.312. The van der Waals surface area contributed by atoms with Crippen LogP contribution in [0.15, 0.2) is 36.9 Å². The zero-order valence-corrected chi connectivity index (χ0v) is 13.0. The van der Waals surface area contributed by atoms with Crippen LogP contribution < -0.4 is 5.32 Å². The quantitative estimate of drug-likeness (QED) is 0.765. The number of nitrogens with zero attached hydrogens (tertiary/aromatic N) is 4. The molecule has 1 aliphatic rings. The highest BCUT2D eigenvalue weighted by atomic mass is 16.2. The number of amides is 3. The first-order chi connectivity index (χ1) is 11.6. The van der Waals surface area contributed by atoms with Crippen molar-refractivity contribution in [2.45, 2.75) is 19.4 Å². The SMILES string of the molecule is O=C(CN1C(=O)CCC1=O)NCCn1cc(-c2cccnc2)cn1. The van der Waals surface area contributed by atoms with E-state index in [0.29, 0.717) is 13.1 Å². The van der Waals surface area contributed by atoms with Gasteiger partial charge in [0.1, 0.15) is 6.54 Å². The monoisotopic (exact) mass is 327 g/mol. The molecule has 0 saturated carbocycles. The van der Waals surface area contributed by atoms with Crippen LogP contribution in [0.3, 0.4) is 0 Å². The number of hydrogen-bond acceptors (Lipinski definition) is 5. The minimum absolute atomic E-state index is 0.191. The minimum Gasteiger partial charge on any atom is -0.353 e. The number of rotatable bonds is 6. The summed E-state index contributed by atoms with van der Waals surface area (Å²) in [5.74, 6) is -0.926. The van der Waals surface area contributed by atoms with Crippen molar-refractivity contribution in [1.29, 1.82) is 0 Å². The van der Waals surface area contributed by atoms with Crippen LogP contribution in [0.1, 0.15) is 12.8 Å². The Morgan fingerprint density at radius 1 is 1.17 bits per heavy atom. The Bertz CT molecular complexity index is 740. The number of aromatic nitrogens is 3. The van der Waals surface area contributed by atoms with Gasteiger partial charge in [-0.1, -0.05) is 6.07 Å². The van der Waals surface area contributed by atoms with E-state index in [1.807, 2.05) is 18.3 Å². The van der Waals surface area contributed by atoms with Crippen molar-refractivity contribution in [1.82, 2.24) is 25.0 Å². The number of hydrogen-bond donors (Lipinski definition) is 1. The molecule has 8 heteroatoms. The van der Waals surface area contributed by atoms with E-state index in [4.69, 9.17) is 0 Å². The Labute approximate surface area is 138 Å². The van der Waals surface area contributed by atoms with E-state index in [-0.39, 0.29) is 37.1 Å². The predicted molar refractivity (Wildman–Crippen MR) is 84.4 cm³/mol. The normalized spacial score (nSPS) is 14.2. The molecule has 1 fully saturated rings. The molecule has 24 heavy (non-hydrogen) atoms. The van der Waals surface area contributed by atoms with E-state index in [1.165, 1.54) is 0 Å². The Morgan fingerprint density at radius 3 is 2.67 bits per heavy atom. The third-order valence-corrected chi connectivity index (χ3v) is 3.75. The predicted octanol–water partition coefficient (Wildman–Crippen LogP) is 0.210. The van der Waals surface area contributed by atoms with Gasteiger partial charge in [-0.25, -0.2) is 0 Å². The van der Waals surface area contributed by atoms with Crippen molar-refractivity contribution >= 4 is 17.7 Å². The molecule has 1 N–H and O–H groups in total. The van der Waals surface area contributed by atoms with Gasteiger partial charge in [0.15, 0.2) is 0 Å². The van der Waals surface area contributed by atoms with Gasteiger partial charge in [0, 0.05) is 49.1 Å². The maximum atomic E-state index is 11.8. The number of nitrogens with one attached hydrogen (secondary N) is 1. The lowest BCUT2D eigenvalue weighted by Crippen LogP contribution is -2.40. The molecule has 2 aromatic rings. The highest BCUT2D eigenvalue weighted by Crippen LogP contribution is 2.16. The molecule has 1 saturated heterocycles. The number of likely N-dealkylation sites (tertiary alicyclic amines) is 1. The summed E-state index contributed by atoms with van der Waals surface area (Å²) in [6.07, 6.45) is 7.46. The van der Waals surface area contributed by atoms with E-state index in [1.54, 1.807) is 23.3 Å². The Morgan fingerprint density at radius 2 is 1.96 bits per heavy atom. The lowest BCUT2D eigenvalue weighted by Gasteiger charge is -2.13. The zero-order chi connectivity index (χ0) is 16.9. The number of pyridine rings is 1. The fourth-order valence-corrected chi connectivity index (χ4v) is 2.48. The van der Waals surface area contributed by atoms with Crippen LogP contribution in [0, 0.1) is 0 Å². The van der Waals surface area contributed by atoms with Crippen molar-refractivity contribution in [3.05, 3.63) is 36.9 Å². The van der Waals surface area contributed by atoms with Crippen molar-refractivity contribution in [2.24, 2.45) is 0 Å². The van der Waals surface area contributed by atoms with Crippen LogP contribution in [0.25, 0.3) is 11.1 Å². The highest BCUT2D eigenvalue weighted by molar-refractivity contribution is 6.04. The van der Waals surface area contributed by atoms with Crippen LogP contribution in [0.4, 0.5) is 0 Å². The van der Waals surface area contributed by atoms with Gasteiger partial charge >= 0.3 is 0 Å². The third-order valence-electron chi connectivity index (χ3n) is 3.75. The molecule has 0 bridgehead atoms. The summed E-state index contributed by atoms with van der Waals surface area (Å²) in [6, 6.07) is 3.80. The van der Waals surface area contributed by atoms with Gasteiger partial charge in [0.05, 0.1) is 12.7 Å². The first kappa shape index (κ1) is 15.9. The van der Waals surface area contributed by atoms with Gasteiger partial charge in [-0.05, 0) is 6.07 Å². The summed E-state index contributed by atoms with van der Waals surface area (Å²) >= 11 is 0. The molecular formula is C16H17N5O3. The second-order valence-corrected chi connectivity index (χ2v) is 5.46. The van der Waals surface area contributed by atoms with Crippen molar-refractivity contribution in [2.75, 3.05) is 13.1 Å². The maximum Gasteiger partial charge on any atom is 0.240 e. The summed E-state index contributed by atoms with van der Waals surface area (Å²) in [6.45, 7) is 0.648. The van der Waals surface area contributed by atoms with Crippen LogP contribution in [-0.2, 0) is 20.9 Å². The third kappa shape index (κ3) is 3.65. The molecule has 1 aliphatic heterocycles. The Balaban J connectivity index is 1.47. The lowest BCUT2D eigenvalue weighted by atomic mass is 10.2. The van der Waals surface area contributed by atoms with Crippen LogP contribution in [0.2, 0.25) is 0 Å². The second kappa shape index (κ2) is 7.03. The summed E-state index contributed by atoms with van der Waals surface area (Å²) in [5.41, 5.74) is 1.92.